The van der Waals surface area contributed by atoms with Crippen LogP contribution in [0.2, 0.25) is 0 Å². The fraction of sp³-hybridized carbons (Fsp3) is 0.583. The third-order valence-electron chi connectivity index (χ3n) is 2.83. The highest BCUT2D eigenvalue weighted by Gasteiger charge is 2.13. The number of carboxylic acids is 1. The molecule has 1 aromatic rings. The summed E-state index contributed by atoms with van der Waals surface area (Å²) in [6.45, 7) is 3.60. The number of aromatic nitrogens is 2. The third-order valence-corrected chi connectivity index (χ3v) is 2.83. The number of carbonyl (C=O) groups is 2. The first kappa shape index (κ1) is 14.2. The molecule has 1 rings (SSSR count). The van der Waals surface area contributed by atoms with Gasteiger partial charge in [0.2, 0.25) is 0 Å². The van der Waals surface area contributed by atoms with E-state index in [1.54, 1.807) is 6.92 Å². The van der Waals surface area contributed by atoms with Crippen LogP contribution in [-0.2, 0) is 4.79 Å². The first-order valence-corrected chi connectivity index (χ1v) is 6.03. The molecule has 3 N–H and O–H groups in total. The molecule has 0 aliphatic carbocycles. The molecule has 0 aliphatic heterocycles. The standard InChI is InChI=1S/C12H19N3O3/c1-8(12(17)18)4-3-5-9(2)15-11(16)10-6-13-14-7-10/h6-9H,3-5H2,1-2H3,(H,13,14)(H,15,16)(H,17,18). The van der Waals surface area contributed by atoms with Gasteiger partial charge in [-0.15, -0.1) is 0 Å². The van der Waals surface area contributed by atoms with Crippen LogP contribution >= 0.6 is 0 Å². The summed E-state index contributed by atoms with van der Waals surface area (Å²) >= 11 is 0. The van der Waals surface area contributed by atoms with E-state index in [2.05, 4.69) is 15.5 Å². The molecule has 0 saturated carbocycles. The Balaban J connectivity index is 2.24. The molecule has 1 aromatic heterocycles. The maximum Gasteiger partial charge on any atom is 0.306 e. The molecular weight excluding hydrogens is 234 g/mol. The minimum absolute atomic E-state index is 0.0217. The van der Waals surface area contributed by atoms with Crippen molar-refractivity contribution in [1.29, 1.82) is 0 Å². The molecular formula is C12H19N3O3. The molecule has 0 radical (unpaired) electrons. The van der Waals surface area contributed by atoms with Gasteiger partial charge in [-0.2, -0.15) is 5.10 Å². The van der Waals surface area contributed by atoms with Gasteiger partial charge in [0.05, 0.1) is 17.7 Å². The summed E-state index contributed by atoms with van der Waals surface area (Å²) in [6.07, 6.45) is 5.17. The highest BCUT2D eigenvalue weighted by Crippen LogP contribution is 2.10. The van der Waals surface area contributed by atoms with Gasteiger partial charge in [0.15, 0.2) is 0 Å². The van der Waals surface area contributed by atoms with Crippen LogP contribution in [0.5, 0.6) is 0 Å². The van der Waals surface area contributed by atoms with Crippen LogP contribution in [0.1, 0.15) is 43.5 Å². The van der Waals surface area contributed by atoms with Crippen molar-refractivity contribution >= 4 is 11.9 Å². The fourth-order valence-corrected chi connectivity index (χ4v) is 1.61. The average molecular weight is 253 g/mol. The number of nitrogens with one attached hydrogen (secondary N) is 2. The van der Waals surface area contributed by atoms with E-state index in [-0.39, 0.29) is 17.9 Å². The molecule has 0 fully saturated rings. The van der Waals surface area contributed by atoms with E-state index in [1.165, 1.54) is 12.4 Å². The van der Waals surface area contributed by atoms with Gasteiger partial charge in [-0.25, -0.2) is 0 Å². The lowest BCUT2D eigenvalue weighted by molar-refractivity contribution is -0.141. The van der Waals surface area contributed by atoms with Crippen molar-refractivity contribution in [2.24, 2.45) is 5.92 Å². The molecule has 2 unspecified atom stereocenters. The van der Waals surface area contributed by atoms with Crippen molar-refractivity contribution in [2.75, 3.05) is 0 Å². The minimum atomic E-state index is -0.773. The zero-order chi connectivity index (χ0) is 13.5. The first-order valence-electron chi connectivity index (χ1n) is 6.03. The summed E-state index contributed by atoms with van der Waals surface area (Å²) < 4.78 is 0. The molecule has 1 amide bonds. The van der Waals surface area contributed by atoms with Crippen LogP contribution in [0.15, 0.2) is 12.4 Å². The van der Waals surface area contributed by atoms with Crippen molar-refractivity contribution < 1.29 is 14.7 Å². The van der Waals surface area contributed by atoms with Crippen LogP contribution in [0.4, 0.5) is 0 Å². The number of amides is 1. The zero-order valence-corrected chi connectivity index (χ0v) is 10.6. The van der Waals surface area contributed by atoms with Gasteiger partial charge >= 0.3 is 5.97 Å². The summed E-state index contributed by atoms with van der Waals surface area (Å²) in [6, 6.07) is 0.0217. The van der Waals surface area contributed by atoms with Crippen molar-refractivity contribution in [2.45, 2.75) is 39.2 Å². The van der Waals surface area contributed by atoms with Gasteiger partial charge in [0.1, 0.15) is 0 Å². The van der Waals surface area contributed by atoms with Crippen molar-refractivity contribution in [3.05, 3.63) is 18.0 Å². The second-order valence-electron chi connectivity index (χ2n) is 4.53. The Morgan fingerprint density at radius 1 is 1.44 bits per heavy atom. The van der Waals surface area contributed by atoms with Crippen molar-refractivity contribution in [1.82, 2.24) is 15.5 Å². The summed E-state index contributed by atoms with van der Waals surface area (Å²) in [4.78, 5) is 22.3. The summed E-state index contributed by atoms with van der Waals surface area (Å²) in [5, 5.41) is 17.9. The topological polar surface area (TPSA) is 95.1 Å². The van der Waals surface area contributed by atoms with E-state index in [9.17, 15) is 9.59 Å². The Kier molecular flexibility index (Phi) is 5.35. The number of hydrogen-bond donors (Lipinski definition) is 3. The molecule has 100 valence electrons. The Labute approximate surface area is 106 Å². The first-order chi connectivity index (χ1) is 8.50. The van der Waals surface area contributed by atoms with E-state index < -0.39 is 5.97 Å². The van der Waals surface area contributed by atoms with Gasteiger partial charge in [0, 0.05) is 12.2 Å². The van der Waals surface area contributed by atoms with Gasteiger partial charge in [-0.3, -0.25) is 14.7 Å². The van der Waals surface area contributed by atoms with E-state index in [4.69, 9.17) is 5.11 Å². The van der Waals surface area contributed by atoms with E-state index in [1.807, 2.05) is 6.92 Å². The largest absolute Gasteiger partial charge is 0.481 e. The van der Waals surface area contributed by atoms with Gasteiger partial charge < -0.3 is 10.4 Å². The number of aliphatic carboxylic acids is 1. The van der Waals surface area contributed by atoms with Crippen molar-refractivity contribution in [3.8, 4) is 0 Å². The monoisotopic (exact) mass is 253 g/mol. The second-order valence-corrected chi connectivity index (χ2v) is 4.53. The number of carbonyl (C=O) groups excluding carboxylic acids is 1. The SMILES string of the molecule is CC(CCCC(C)C(=O)O)NC(=O)c1cn[nH]c1. The Hall–Kier alpha value is -1.85. The molecule has 0 bridgehead atoms. The lowest BCUT2D eigenvalue weighted by Gasteiger charge is -2.13. The highest BCUT2D eigenvalue weighted by atomic mass is 16.4. The molecule has 6 heteroatoms. The molecule has 0 aliphatic rings. The summed E-state index contributed by atoms with van der Waals surface area (Å²) in [5.74, 6) is -1.27. The molecule has 0 spiro atoms. The van der Waals surface area contributed by atoms with E-state index >= 15 is 0 Å². The molecule has 6 nitrogen and oxygen atoms in total. The summed E-state index contributed by atoms with van der Waals surface area (Å²) in [7, 11) is 0. The normalized spacial score (nSPS) is 13.9. The smallest absolute Gasteiger partial charge is 0.306 e. The summed E-state index contributed by atoms with van der Waals surface area (Å²) in [5.41, 5.74) is 0.501. The number of H-pyrrole nitrogens is 1. The van der Waals surface area contributed by atoms with Gasteiger partial charge in [-0.05, 0) is 19.8 Å². The third kappa shape index (κ3) is 4.57. The lowest BCUT2D eigenvalue weighted by atomic mass is 10.0. The predicted octanol–water partition coefficient (Wildman–Crippen LogP) is 1.42. The molecule has 0 saturated heterocycles. The number of nitrogens with zero attached hydrogens (tertiary/aromatic N) is 1. The Morgan fingerprint density at radius 3 is 2.72 bits per heavy atom. The number of aromatic amines is 1. The van der Waals surface area contributed by atoms with Gasteiger partial charge in [0.25, 0.3) is 5.91 Å². The maximum atomic E-state index is 11.7. The number of hydrogen-bond acceptors (Lipinski definition) is 3. The lowest BCUT2D eigenvalue weighted by Crippen LogP contribution is -2.32. The Bertz CT molecular complexity index is 389. The zero-order valence-electron chi connectivity index (χ0n) is 10.6. The van der Waals surface area contributed by atoms with Gasteiger partial charge in [-0.1, -0.05) is 13.3 Å². The van der Waals surface area contributed by atoms with E-state index in [0.29, 0.717) is 12.0 Å². The quantitative estimate of drug-likeness (QED) is 0.684. The van der Waals surface area contributed by atoms with Crippen LogP contribution in [-0.4, -0.2) is 33.2 Å². The van der Waals surface area contributed by atoms with Crippen LogP contribution in [0, 0.1) is 5.92 Å². The van der Waals surface area contributed by atoms with E-state index in [0.717, 1.165) is 12.8 Å². The van der Waals surface area contributed by atoms with Crippen molar-refractivity contribution in [3.63, 3.8) is 0 Å². The molecule has 2 atom stereocenters. The highest BCUT2D eigenvalue weighted by molar-refractivity contribution is 5.93. The number of carboxylic acid groups (broad SMARTS) is 1. The van der Waals surface area contributed by atoms with Crippen LogP contribution < -0.4 is 5.32 Å². The molecule has 18 heavy (non-hydrogen) atoms. The van der Waals surface area contributed by atoms with Crippen LogP contribution in [0.3, 0.4) is 0 Å². The number of rotatable bonds is 7. The second kappa shape index (κ2) is 6.78. The fourth-order valence-electron chi connectivity index (χ4n) is 1.61. The molecule has 1 heterocycles. The minimum Gasteiger partial charge on any atom is -0.481 e. The maximum absolute atomic E-state index is 11.7. The van der Waals surface area contributed by atoms with Crippen LogP contribution in [0.25, 0.3) is 0 Å². The average Bonchev–Trinajstić information content (AvgIpc) is 2.81. The predicted molar refractivity (Wildman–Crippen MR) is 66.2 cm³/mol. The molecule has 0 aromatic carbocycles. The Morgan fingerprint density at radius 2 is 2.17 bits per heavy atom.